The predicted octanol–water partition coefficient (Wildman–Crippen LogP) is 4.78. The minimum absolute atomic E-state index is 0.0633. The number of carbonyl (C=O) groups is 1. The van der Waals surface area contributed by atoms with Crippen molar-refractivity contribution in [3.63, 3.8) is 0 Å². The summed E-state index contributed by atoms with van der Waals surface area (Å²) in [5.74, 6) is -3.01. The van der Waals surface area contributed by atoms with Gasteiger partial charge in [0.25, 0.3) is 0 Å². The summed E-state index contributed by atoms with van der Waals surface area (Å²) in [6, 6.07) is 9.18. The van der Waals surface area contributed by atoms with Gasteiger partial charge in [-0.05, 0) is 25.0 Å². The second kappa shape index (κ2) is 10.4. The van der Waals surface area contributed by atoms with Crippen molar-refractivity contribution in [1.82, 2.24) is 14.8 Å². The first-order chi connectivity index (χ1) is 17.8. The second-order valence-corrected chi connectivity index (χ2v) is 10.4. The molecule has 0 amide bonds. The monoisotopic (exact) mass is 515 g/mol. The van der Waals surface area contributed by atoms with Crippen molar-refractivity contribution in [2.75, 3.05) is 39.5 Å². The fourth-order valence-corrected chi connectivity index (χ4v) is 5.65. The van der Waals surface area contributed by atoms with Crippen molar-refractivity contribution >= 4 is 16.9 Å². The van der Waals surface area contributed by atoms with Gasteiger partial charge in [0, 0.05) is 72.4 Å². The van der Waals surface area contributed by atoms with E-state index in [-0.39, 0.29) is 43.1 Å². The quantitative estimate of drug-likeness (QED) is 0.429. The van der Waals surface area contributed by atoms with Crippen LogP contribution in [0.5, 0.6) is 5.75 Å². The number of H-pyrrole nitrogens is 1. The number of likely N-dealkylation sites (tertiary alicyclic amines) is 1. The molecule has 2 aromatic carbocycles. The van der Waals surface area contributed by atoms with E-state index in [0.29, 0.717) is 31.7 Å². The Morgan fingerprint density at radius 2 is 1.92 bits per heavy atom. The summed E-state index contributed by atoms with van der Waals surface area (Å²) in [7, 11) is 0. The molecule has 1 saturated heterocycles. The number of benzene rings is 2. The number of carboxylic acids is 1. The van der Waals surface area contributed by atoms with Gasteiger partial charge in [-0.3, -0.25) is 19.0 Å². The molecular weight excluding hydrogens is 483 g/mol. The largest absolute Gasteiger partial charge is 0.492 e. The molecule has 198 valence electrons. The molecule has 0 radical (unpaired) electrons. The number of halogens is 3. The first kappa shape index (κ1) is 25.6. The van der Waals surface area contributed by atoms with Crippen molar-refractivity contribution in [3.05, 3.63) is 64.9 Å². The van der Waals surface area contributed by atoms with E-state index in [9.17, 15) is 14.3 Å². The van der Waals surface area contributed by atoms with Crippen LogP contribution < -0.4 is 4.74 Å². The fourth-order valence-electron chi connectivity index (χ4n) is 5.65. The van der Waals surface area contributed by atoms with Gasteiger partial charge >= 0.3 is 5.97 Å². The molecule has 1 fully saturated rings. The third-order valence-corrected chi connectivity index (χ3v) is 7.68. The third kappa shape index (κ3) is 4.94. The standard InChI is InChI=1S/C28H32F3N3O3/c1-16(28(35)36)13-34-17(2)9-21-20-5-3-4-6-24(20)32-26(21)27(34)25-22(30)10-19(11-23(25)31)37-8-7-33-14-18(12-29)15-33/h3-6,10-11,16-18,27,32H,7-9,12-15H2,1-2H3,(H,35,36)/t16-,17-,27?/m1/s1. The summed E-state index contributed by atoms with van der Waals surface area (Å²) in [4.78, 5) is 19.0. The lowest BCUT2D eigenvalue weighted by Crippen LogP contribution is -2.49. The summed E-state index contributed by atoms with van der Waals surface area (Å²) in [6.45, 7) is 5.50. The van der Waals surface area contributed by atoms with E-state index in [2.05, 4.69) is 4.98 Å². The van der Waals surface area contributed by atoms with Gasteiger partial charge in [0.1, 0.15) is 24.0 Å². The highest BCUT2D eigenvalue weighted by Crippen LogP contribution is 2.43. The average Bonchev–Trinajstić information content (AvgIpc) is 3.19. The Bertz CT molecular complexity index is 1270. The average molecular weight is 516 g/mol. The van der Waals surface area contributed by atoms with Gasteiger partial charge in [-0.25, -0.2) is 8.78 Å². The predicted molar refractivity (Wildman–Crippen MR) is 135 cm³/mol. The molecule has 6 nitrogen and oxygen atoms in total. The molecule has 2 N–H and O–H groups in total. The number of hydrogen-bond acceptors (Lipinski definition) is 4. The molecular formula is C28H32F3N3O3. The maximum Gasteiger partial charge on any atom is 0.307 e. The van der Waals surface area contributed by atoms with E-state index in [0.717, 1.165) is 16.5 Å². The lowest BCUT2D eigenvalue weighted by Gasteiger charge is -2.42. The summed E-state index contributed by atoms with van der Waals surface area (Å²) < 4.78 is 49.6. The molecule has 2 aliphatic rings. The number of ether oxygens (including phenoxy) is 1. The number of fused-ring (bicyclic) bond motifs is 3. The minimum atomic E-state index is -0.960. The number of para-hydroxylation sites is 1. The van der Waals surface area contributed by atoms with Crippen LogP contribution in [0.3, 0.4) is 0 Å². The normalized spacial score (nSPS) is 21.5. The minimum Gasteiger partial charge on any atom is -0.492 e. The number of aliphatic carboxylic acids is 1. The molecule has 9 heteroatoms. The van der Waals surface area contributed by atoms with Crippen molar-refractivity contribution in [2.45, 2.75) is 32.4 Å². The van der Waals surface area contributed by atoms with E-state index in [4.69, 9.17) is 4.74 Å². The van der Waals surface area contributed by atoms with Gasteiger partial charge < -0.3 is 14.8 Å². The molecule has 1 unspecified atom stereocenters. The summed E-state index contributed by atoms with van der Waals surface area (Å²) in [5, 5.41) is 10.6. The number of carboxylic acid groups (broad SMARTS) is 1. The molecule has 3 aromatic rings. The zero-order valence-electron chi connectivity index (χ0n) is 21.0. The third-order valence-electron chi connectivity index (χ3n) is 7.68. The van der Waals surface area contributed by atoms with Crippen molar-refractivity contribution in [1.29, 1.82) is 0 Å². The number of alkyl halides is 1. The Kier molecular flexibility index (Phi) is 7.18. The molecule has 0 spiro atoms. The Morgan fingerprint density at radius 1 is 1.22 bits per heavy atom. The molecule has 3 heterocycles. The van der Waals surface area contributed by atoms with Gasteiger partial charge in [-0.2, -0.15) is 0 Å². The van der Waals surface area contributed by atoms with Crippen molar-refractivity contribution < 1.29 is 27.8 Å². The lowest BCUT2D eigenvalue weighted by molar-refractivity contribution is -0.142. The maximum absolute atomic E-state index is 15.7. The number of rotatable bonds is 9. The SMILES string of the molecule is C[C@H](CN1C(c2c(F)cc(OCCN3CC(CF)C3)cc2F)c2[nH]c3ccccc3c2C[C@H]1C)C(=O)O. The highest BCUT2D eigenvalue weighted by molar-refractivity contribution is 5.85. The Labute approximate surface area is 214 Å². The number of nitrogens with zero attached hydrogens (tertiary/aromatic N) is 2. The Hall–Kier alpha value is -3.04. The number of aromatic nitrogens is 1. The zero-order valence-corrected chi connectivity index (χ0v) is 21.0. The van der Waals surface area contributed by atoms with Crippen LogP contribution in [0, 0.1) is 23.5 Å². The van der Waals surface area contributed by atoms with Crippen LogP contribution >= 0.6 is 0 Å². The van der Waals surface area contributed by atoms with Crippen LogP contribution in [0.1, 0.15) is 36.7 Å². The molecule has 1 aromatic heterocycles. The van der Waals surface area contributed by atoms with Crippen LogP contribution in [0.15, 0.2) is 36.4 Å². The van der Waals surface area contributed by atoms with Gasteiger partial charge in [0.15, 0.2) is 0 Å². The first-order valence-electron chi connectivity index (χ1n) is 12.7. The molecule has 5 rings (SSSR count). The van der Waals surface area contributed by atoms with Crippen LogP contribution in [-0.2, 0) is 11.2 Å². The first-order valence-corrected chi connectivity index (χ1v) is 12.7. The van der Waals surface area contributed by atoms with Gasteiger partial charge in [0.2, 0.25) is 0 Å². The van der Waals surface area contributed by atoms with E-state index < -0.39 is 29.6 Å². The summed E-state index contributed by atoms with van der Waals surface area (Å²) in [6.07, 6.45) is 0.631. The number of aromatic amines is 1. The summed E-state index contributed by atoms with van der Waals surface area (Å²) in [5.41, 5.74) is 2.42. The Morgan fingerprint density at radius 3 is 2.59 bits per heavy atom. The van der Waals surface area contributed by atoms with Crippen molar-refractivity contribution in [3.8, 4) is 5.75 Å². The topological polar surface area (TPSA) is 68.8 Å². The molecule has 0 aliphatic carbocycles. The van der Waals surface area contributed by atoms with Gasteiger partial charge in [-0.1, -0.05) is 25.1 Å². The van der Waals surface area contributed by atoms with Crippen LogP contribution in [0.2, 0.25) is 0 Å². The van der Waals surface area contributed by atoms with E-state index in [1.807, 2.05) is 41.0 Å². The zero-order chi connectivity index (χ0) is 26.3. The smallest absolute Gasteiger partial charge is 0.307 e. The van der Waals surface area contributed by atoms with Crippen LogP contribution in [0.4, 0.5) is 13.2 Å². The van der Waals surface area contributed by atoms with E-state index >= 15 is 8.78 Å². The molecule has 2 aliphatic heterocycles. The van der Waals surface area contributed by atoms with Gasteiger partial charge in [0.05, 0.1) is 18.6 Å². The highest BCUT2D eigenvalue weighted by atomic mass is 19.1. The van der Waals surface area contributed by atoms with Crippen LogP contribution in [0.25, 0.3) is 10.9 Å². The molecule has 0 bridgehead atoms. The fraction of sp³-hybridized carbons (Fsp3) is 0.464. The molecule has 0 saturated carbocycles. The summed E-state index contributed by atoms with van der Waals surface area (Å²) >= 11 is 0. The lowest BCUT2D eigenvalue weighted by atomic mass is 9.87. The maximum atomic E-state index is 15.7. The van der Waals surface area contributed by atoms with Crippen molar-refractivity contribution in [2.24, 2.45) is 11.8 Å². The van der Waals surface area contributed by atoms with Crippen LogP contribution in [-0.4, -0.2) is 71.4 Å². The Balaban J connectivity index is 1.47. The highest BCUT2D eigenvalue weighted by Gasteiger charge is 2.40. The van der Waals surface area contributed by atoms with E-state index in [1.54, 1.807) is 6.92 Å². The molecule has 37 heavy (non-hydrogen) atoms. The second-order valence-electron chi connectivity index (χ2n) is 10.4. The van der Waals surface area contributed by atoms with Gasteiger partial charge in [-0.15, -0.1) is 0 Å². The molecule has 3 atom stereocenters. The van der Waals surface area contributed by atoms with E-state index in [1.165, 1.54) is 12.1 Å². The number of nitrogens with one attached hydrogen (secondary N) is 1. The number of hydrogen-bond donors (Lipinski definition) is 2.